The summed E-state index contributed by atoms with van der Waals surface area (Å²) in [4.78, 5) is 11.4. The third-order valence-corrected chi connectivity index (χ3v) is 4.91. The second kappa shape index (κ2) is 11.0. The van der Waals surface area contributed by atoms with Crippen molar-refractivity contribution in [1.29, 1.82) is 0 Å². The molecule has 0 unspecified atom stereocenters. The van der Waals surface area contributed by atoms with Crippen LogP contribution >= 0.6 is 11.6 Å². The van der Waals surface area contributed by atoms with Gasteiger partial charge in [0.2, 0.25) is 0 Å². The molecule has 0 radical (unpaired) electrons. The van der Waals surface area contributed by atoms with Crippen LogP contribution in [0.2, 0.25) is 5.02 Å². The van der Waals surface area contributed by atoms with Crippen molar-refractivity contribution in [3.05, 3.63) is 71.5 Å². The highest BCUT2D eigenvalue weighted by molar-refractivity contribution is 6.32. The minimum Gasteiger partial charge on any atom is -0.433 e. The summed E-state index contributed by atoms with van der Waals surface area (Å²) >= 11 is 5.86. The Bertz CT molecular complexity index is 1140. The lowest BCUT2D eigenvalue weighted by molar-refractivity contribution is -0.0497. The van der Waals surface area contributed by atoms with Gasteiger partial charge in [-0.15, -0.1) is 5.10 Å². The Hall–Kier alpha value is -3.27. The number of nitrogens with zero attached hydrogens (tertiary/aromatic N) is 6. The zero-order chi connectivity index (χ0) is 24.0. The molecule has 0 aliphatic heterocycles. The number of aromatic amines is 1. The van der Waals surface area contributed by atoms with E-state index in [0.717, 1.165) is 11.6 Å². The van der Waals surface area contributed by atoms with Crippen molar-refractivity contribution in [3.8, 4) is 11.4 Å². The van der Waals surface area contributed by atoms with Crippen molar-refractivity contribution in [3.63, 3.8) is 0 Å². The predicted octanol–water partition coefficient (Wildman–Crippen LogP) is 5.42. The number of halogens is 3. The van der Waals surface area contributed by atoms with Gasteiger partial charge >= 0.3 is 6.61 Å². The van der Waals surface area contributed by atoms with Gasteiger partial charge in [0, 0.05) is 42.7 Å². The van der Waals surface area contributed by atoms with E-state index in [1.54, 1.807) is 24.7 Å². The maximum atomic E-state index is 12.4. The van der Waals surface area contributed by atoms with Crippen LogP contribution in [0.5, 0.6) is 5.75 Å². The number of ether oxygens (including phenoxy) is 1. The van der Waals surface area contributed by atoms with Crippen molar-refractivity contribution in [2.75, 3.05) is 0 Å². The van der Waals surface area contributed by atoms with Crippen LogP contribution in [0.3, 0.4) is 0 Å². The van der Waals surface area contributed by atoms with Gasteiger partial charge in [0.1, 0.15) is 23.1 Å². The van der Waals surface area contributed by atoms with Crippen molar-refractivity contribution in [1.82, 2.24) is 34.5 Å². The Balaban J connectivity index is 0.000000323. The summed E-state index contributed by atoms with van der Waals surface area (Å²) < 4.78 is 32.7. The third kappa shape index (κ3) is 6.61. The lowest BCUT2D eigenvalue weighted by Crippen LogP contribution is -2.06. The number of benzene rings is 1. The molecule has 33 heavy (non-hydrogen) atoms. The SMILES string of the molecule is CC(C)c1ncc[nH]1.CC(C)c1nccn1Cc1cn(-c2ccc(Cl)c(OC(F)F)c2)nn1. The molecular formula is C22H26ClF2N7O. The lowest BCUT2D eigenvalue weighted by Gasteiger charge is -2.09. The zero-order valence-corrected chi connectivity index (χ0v) is 19.5. The highest BCUT2D eigenvalue weighted by Gasteiger charge is 2.13. The number of alkyl halides is 2. The Morgan fingerprint density at radius 1 is 1.09 bits per heavy atom. The molecule has 4 rings (SSSR count). The van der Waals surface area contributed by atoms with E-state index in [1.165, 1.54) is 16.8 Å². The van der Waals surface area contributed by atoms with Gasteiger partial charge in [-0.2, -0.15) is 8.78 Å². The first-order valence-electron chi connectivity index (χ1n) is 10.4. The number of nitrogens with one attached hydrogen (secondary N) is 1. The molecular weight excluding hydrogens is 452 g/mol. The quantitative estimate of drug-likeness (QED) is 0.384. The highest BCUT2D eigenvalue weighted by atomic mass is 35.5. The molecule has 0 bridgehead atoms. The highest BCUT2D eigenvalue weighted by Crippen LogP contribution is 2.28. The normalized spacial score (nSPS) is 11.2. The van der Waals surface area contributed by atoms with E-state index in [0.29, 0.717) is 23.8 Å². The van der Waals surface area contributed by atoms with E-state index in [9.17, 15) is 8.78 Å². The van der Waals surface area contributed by atoms with Crippen molar-refractivity contribution < 1.29 is 13.5 Å². The molecule has 0 saturated heterocycles. The van der Waals surface area contributed by atoms with Gasteiger partial charge in [-0.3, -0.25) is 0 Å². The number of hydrogen-bond acceptors (Lipinski definition) is 5. The average Bonchev–Trinajstić information content (AvgIpc) is 3.52. The molecule has 0 aliphatic rings. The van der Waals surface area contributed by atoms with Gasteiger partial charge in [0.25, 0.3) is 0 Å². The molecule has 3 heterocycles. The first kappa shape index (κ1) is 24.4. The second-order valence-electron chi connectivity index (χ2n) is 7.84. The van der Waals surface area contributed by atoms with E-state index >= 15 is 0 Å². The number of imidazole rings is 2. The molecule has 11 heteroatoms. The summed E-state index contributed by atoms with van der Waals surface area (Å²) in [5.74, 6) is 2.71. The fourth-order valence-electron chi connectivity index (χ4n) is 3.04. The van der Waals surface area contributed by atoms with Crippen LogP contribution in [0.1, 0.15) is 56.9 Å². The van der Waals surface area contributed by atoms with Gasteiger partial charge in [-0.05, 0) is 12.1 Å². The second-order valence-corrected chi connectivity index (χ2v) is 8.25. The summed E-state index contributed by atoms with van der Waals surface area (Å²) in [5.41, 5.74) is 1.24. The van der Waals surface area contributed by atoms with E-state index in [1.807, 2.05) is 17.0 Å². The predicted molar refractivity (Wildman–Crippen MR) is 121 cm³/mol. The standard InChI is InChI=1S/C16H16ClF2N5O.C6H10N2/c1-10(2)15-20-5-6-23(15)8-11-9-24(22-21-11)12-3-4-13(17)14(7-12)25-16(18)19;1-5(2)6-7-3-4-8-6/h3-7,9-10,16H,8H2,1-2H3;3-5H,1-2H3,(H,7,8). The van der Waals surface area contributed by atoms with Crippen LogP contribution in [0.25, 0.3) is 5.69 Å². The first-order valence-corrected chi connectivity index (χ1v) is 10.8. The van der Waals surface area contributed by atoms with Crippen LogP contribution in [-0.2, 0) is 6.54 Å². The van der Waals surface area contributed by atoms with E-state index in [2.05, 4.69) is 57.7 Å². The molecule has 176 valence electrons. The molecule has 1 aromatic carbocycles. The Morgan fingerprint density at radius 3 is 2.48 bits per heavy atom. The van der Waals surface area contributed by atoms with Gasteiger partial charge in [-0.25, -0.2) is 14.6 Å². The van der Waals surface area contributed by atoms with Gasteiger partial charge in [0.05, 0.1) is 23.5 Å². The van der Waals surface area contributed by atoms with Gasteiger partial charge in [0.15, 0.2) is 0 Å². The minimum absolute atomic E-state index is 0.101. The zero-order valence-electron chi connectivity index (χ0n) is 18.8. The van der Waals surface area contributed by atoms with Gasteiger partial charge in [-0.1, -0.05) is 44.5 Å². The van der Waals surface area contributed by atoms with Crippen molar-refractivity contribution in [2.45, 2.75) is 52.7 Å². The van der Waals surface area contributed by atoms with E-state index < -0.39 is 6.61 Å². The summed E-state index contributed by atoms with van der Waals surface area (Å²) in [6.45, 7) is 5.91. The van der Waals surface area contributed by atoms with E-state index in [-0.39, 0.29) is 16.7 Å². The lowest BCUT2D eigenvalue weighted by atomic mass is 10.2. The summed E-state index contributed by atoms with van der Waals surface area (Å²) in [7, 11) is 0. The molecule has 0 amide bonds. The van der Waals surface area contributed by atoms with Crippen LogP contribution in [0.15, 0.2) is 49.2 Å². The molecule has 4 aromatic rings. The Morgan fingerprint density at radius 2 is 1.88 bits per heavy atom. The van der Waals surface area contributed by atoms with Crippen LogP contribution in [0, 0.1) is 0 Å². The Labute approximate surface area is 195 Å². The average molecular weight is 478 g/mol. The molecule has 0 atom stereocenters. The molecule has 0 aliphatic carbocycles. The summed E-state index contributed by atoms with van der Waals surface area (Å²) in [6.07, 6.45) is 8.96. The molecule has 1 N–H and O–H groups in total. The van der Waals surface area contributed by atoms with Crippen molar-refractivity contribution in [2.24, 2.45) is 0 Å². The van der Waals surface area contributed by atoms with Crippen LogP contribution in [0.4, 0.5) is 8.78 Å². The third-order valence-electron chi connectivity index (χ3n) is 4.60. The largest absolute Gasteiger partial charge is 0.433 e. The summed E-state index contributed by atoms with van der Waals surface area (Å²) in [6, 6.07) is 4.52. The minimum atomic E-state index is -2.95. The summed E-state index contributed by atoms with van der Waals surface area (Å²) in [5, 5.41) is 8.26. The number of hydrogen-bond donors (Lipinski definition) is 1. The maximum absolute atomic E-state index is 12.4. The van der Waals surface area contributed by atoms with Gasteiger partial charge < -0.3 is 14.3 Å². The van der Waals surface area contributed by atoms with Crippen molar-refractivity contribution >= 4 is 11.6 Å². The number of aromatic nitrogens is 7. The molecule has 3 aromatic heterocycles. The molecule has 8 nitrogen and oxygen atoms in total. The van der Waals surface area contributed by atoms with Crippen LogP contribution in [-0.4, -0.2) is 41.1 Å². The van der Waals surface area contributed by atoms with Crippen LogP contribution < -0.4 is 4.74 Å². The number of H-pyrrole nitrogens is 1. The number of rotatable bonds is 7. The topological polar surface area (TPSA) is 86.4 Å². The molecule has 0 saturated carbocycles. The smallest absolute Gasteiger partial charge is 0.387 e. The molecule has 0 spiro atoms. The van der Waals surface area contributed by atoms with E-state index in [4.69, 9.17) is 11.6 Å². The first-order chi connectivity index (χ1) is 15.7. The monoisotopic (exact) mass is 477 g/mol. The fourth-order valence-corrected chi connectivity index (χ4v) is 3.20. The molecule has 0 fully saturated rings. The Kier molecular flexibility index (Phi) is 8.16. The fraction of sp³-hybridized carbons (Fsp3) is 0.364. The maximum Gasteiger partial charge on any atom is 0.387 e.